The van der Waals surface area contributed by atoms with E-state index in [1.807, 2.05) is 32.0 Å². The lowest BCUT2D eigenvalue weighted by Gasteiger charge is -2.32. The summed E-state index contributed by atoms with van der Waals surface area (Å²) in [6.45, 7) is 4.95. The van der Waals surface area contributed by atoms with E-state index in [9.17, 15) is 13.2 Å². The fourth-order valence-electron chi connectivity index (χ4n) is 2.71. The van der Waals surface area contributed by atoms with Crippen LogP contribution in [-0.4, -0.2) is 51.2 Å². The maximum absolute atomic E-state index is 12.3. The first-order valence-corrected chi connectivity index (χ1v) is 9.59. The number of nitrogens with zero attached hydrogens (tertiary/aromatic N) is 1. The fourth-order valence-corrected chi connectivity index (χ4v) is 3.51. The summed E-state index contributed by atoms with van der Waals surface area (Å²) in [6, 6.07) is 5.52. The zero-order valence-electron chi connectivity index (χ0n) is 13.8. The Balaban J connectivity index is 1.91. The highest BCUT2D eigenvalue weighted by atomic mass is 32.2. The maximum atomic E-state index is 12.3. The average molecular weight is 340 g/mol. The van der Waals surface area contributed by atoms with Crippen molar-refractivity contribution in [3.8, 4) is 5.75 Å². The number of sulfonamides is 1. The van der Waals surface area contributed by atoms with Crippen LogP contribution in [0, 0.1) is 13.8 Å². The third kappa shape index (κ3) is 5.21. The van der Waals surface area contributed by atoms with Gasteiger partial charge in [0, 0.05) is 19.1 Å². The first kappa shape index (κ1) is 17.7. The van der Waals surface area contributed by atoms with Crippen molar-refractivity contribution in [2.45, 2.75) is 32.7 Å². The van der Waals surface area contributed by atoms with Gasteiger partial charge in [-0.15, -0.1) is 0 Å². The minimum atomic E-state index is -3.26. The number of ether oxygens (including phenoxy) is 1. The van der Waals surface area contributed by atoms with E-state index in [-0.39, 0.29) is 18.6 Å². The van der Waals surface area contributed by atoms with Gasteiger partial charge in [0.15, 0.2) is 6.61 Å². The van der Waals surface area contributed by atoms with Crippen molar-refractivity contribution < 1.29 is 17.9 Å². The van der Waals surface area contributed by atoms with Crippen molar-refractivity contribution in [2.24, 2.45) is 0 Å². The Hall–Kier alpha value is -1.60. The monoisotopic (exact) mass is 340 g/mol. The Morgan fingerprint density at radius 1 is 1.39 bits per heavy atom. The Morgan fingerprint density at radius 2 is 2.13 bits per heavy atom. The van der Waals surface area contributed by atoms with Crippen molar-refractivity contribution in [1.29, 1.82) is 0 Å². The van der Waals surface area contributed by atoms with Crippen LogP contribution in [0.3, 0.4) is 0 Å². The second-order valence-electron chi connectivity index (χ2n) is 6.06. The Bertz CT molecular complexity index is 673. The largest absolute Gasteiger partial charge is 0.483 e. The summed E-state index contributed by atoms with van der Waals surface area (Å²) in [5.41, 5.74) is 2.14. The maximum Gasteiger partial charge on any atom is 0.260 e. The molecule has 7 heteroatoms. The first-order chi connectivity index (χ1) is 10.8. The van der Waals surface area contributed by atoms with E-state index in [0.29, 0.717) is 18.8 Å². The highest BCUT2D eigenvalue weighted by Gasteiger charge is 2.25. The molecule has 1 fully saturated rings. The number of nitrogens with one attached hydrogen (secondary N) is 1. The van der Waals surface area contributed by atoms with E-state index in [0.717, 1.165) is 30.2 Å². The molecule has 1 aromatic rings. The van der Waals surface area contributed by atoms with E-state index in [1.54, 1.807) is 4.90 Å². The van der Waals surface area contributed by atoms with Crippen LogP contribution >= 0.6 is 0 Å². The minimum absolute atomic E-state index is 0.0319. The topological polar surface area (TPSA) is 75.7 Å². The number of piperidine rings is 1. The molecule has 128 valence electrons. The molecule has 1 amide bonds. The number of rotatable bonds is 5. The molecular weight excluding hydrogens is 316 g/mol. The van der Waals surface area contributed by atoms with Gasteiger partial charge >= 0.3 is 0 Å². The number of benzene rings is 1. The molecule has 1 aliphatic heterocycles. The van der Waals surface area contributed by atoms with Crippen molar-refractivity contribution in [3.63, 3.8) is 0 Å². The zero-order chi connectivity index (χ0) is 17.0. The quantitative estimate of drug-likeness (QED) is 0.874. The van der Waals surface area contributed by atoms with Gasteiger partial charge in [0.05, 0.1) is 6.26 Å². The summed E-state index contributed by atoms with van der Waals surface area (Å²) >= 11 is 0. The van der Waals surface area contributed by atoms with E-state index in [4.69, 9.17) is 4.74 Å². The number of amides is 1. The van der Waals surface area contributed by atoms with Crippen LogP contribution in [0.4, 0.5) is 0 Å². The predicted octanol–water partition coefficient (Wildman–Crippen LogP) is 1.22. The van der Waals surface area contributed by atoms with Crippen molar-refractivity contribution in [2.75, 3.05) is 26.0 Å². The van der Waals surface area contributed by atoms with E-state index >= 15 is 0 Å². The Kier molecular flexibility index (Phi) is 5.64. The van der Waals surface area contributed by atoms with E-state index in [1.165, 1.54) is 0 Å². The van der Waals surface area contributed by atoms with Gasteiger partial charge < -0.3 is 9.64 Å². The highest BCUT2D eigenvalue weighted by molar-refractivity contribution is 7.88. The minimum Gasteiger partial charge on any atom is -0.483 e. The number of likely N-dealkylation sites (tertiary alicyclic amines) is 1. The lowest BCUT2D eigenvalue weighted by atomic mass is 10.1. The molecule has 0 saturated carbocycles. The molecule has 23 heavy (non-hydrogen) atoms. The van der Waals surface area contributed by atoms with Gasteiger partial charge in [0.1, 0.15) is 5.75 Å². The molecule has 1 aromatic carbocycles. The second-order valence-corrected chi connectivity index (χ2v) is 7.84. The Morgan fingerprint density at radius 3 is 2.83 bits per heavy atom. The third-order valence-electron chi connectivity index (χ3n) is 4.06. The summed E-state index contributed by atoms with van der Waals surface area (Å²) in [5, 5.41) is 0. The average Bonchev–Trinajstić information content (AvgIpc) is 2.47. The number of carbonyl (C=O) groups is 1. The fraction of sp³-hybridized carbons (Fsp3) is 0.562. The number of aryl methyl sites for hydroxylation is 1. The van der Waals surface area contributed by atoms with Gasteiger partial charge in [-0.3, -0.25) is 4.79 Å². The molecule has 1 heterocycles. The number of hydrogen-bond donors (Lipinski definition) is 1. The normalized spacial score (nSPS) is 18.7. The molecule has 0 spiro atoms. The molecule has 0 bridgehead atoms. The van der Waals surface area contributed by atoms with Gasteiger partial charge in [-0.25, -0.2) is 13.1 Å². The molecule has 0 aromatic heterocycles. The van der Waals surface area contributed by atoms with Crippen LogP contribution in [0.2, 0.25) is 0 Å². The molecule has 1 atom stereocenters. The van der Waals surface area contributed by atoms with E-state index < -0.39 is 10.0 Å². The molecule has 1 N–H and O–H groups in total. The molecule has 0 unspecified atom stereocenters. The summed E-state index contributed by atoms with van der Waals surface area (Å²) in [6.07, 6.45) is 2.66. The lowest BCUT2D eigenvalue weighted by Crippen LogP contribution is -2.50. The van der Waals surface area contributed by atoms with Crippen LogP contribution < -0.4 is 9.46 Å². The van der Waals surface area contributed by atoms with Crippen LogP contribution in [0.5, 0.6) is 5.75 Å². The molecule has 1 saturated heterocycles. The molecule has 0 aliphatic carbocycles. The molecule has 2 rings (SSSR count). The van der Waals surface area contributed by atoms with Crippen LogP contribution in [0.1, 0.15) is 24.0 Å². The van der Waals surface area contributed by atoms with Gasteiger partial charge in [0.2, 0.25) is 10.0 Å². The molecule has 1 aliphatic rings. The lowest BCUT2D eigenvalue weighted by molar-refractivity contribution is -0.134. The first-order valence-electron chi connectivity index (χ1n) is 7.70. The van der Waals surface area contributed by atoms with Gasteiger partial charge in [-0.1, -0.05) is 12.1 Å². The summed E-state index contributed by atoms with van der Waals surface area (Å²) < 4.78 is 30.8. The smallest absolute Gasteiger partial charge is 0.260 e. The Labute approximate surface area is 137 Å². The second kappa shape index (κ2) is 7.31. The van der Waals surface area contributed by atoms with Crippen molar-refractivity contribution in [1.82, 2.24) is 9.62 Å². The SMILES string of the molecule is Cc1cccc(OCC(=O)N2CCC[C@@H](NS(C)(=O)=O)C2)c1C. The summed E-state index contributed by atoms with van der Waals surface area (Å²) in [7, 11) is -3.26. The van der Waals surface area contributed by atoms with Gasteiger partial charge in [-0.2, -0.15) is 0 Å². The van der Waals surface area contributed by atoms with Crippen molar-refractivity contribution in [3.05, 3.63) is 29.3 Å². The summed E-state index contributed by atoms with van der Waals surface area (Å²) in [4.78, 5) is 14.0. The van der Waals surface area contributed by atoms with Crippen LogP contribution in [0.15, 0.2) is 18.2 Å². The molecular formula is C16H24N2O4S. The summed E-state index contributed by atoms with van der Waals surface area (Å²) in [5.74, 6) is 0.590. The predicted molar refractivity (Wildman–Crippen MR) is 89.0 cm³/mol. The van der Waals surface area contributed by atoms with Crippen LogP contribution in [0.25, 0.3) is 0 Å². The highest BCUT2D eigenvalue weighted by Crippen LogP contribution is 2.20. The number of carbonyl (C=O) groups excluding carboxylic acids is 1. The van der Waals surface area contributed by atoms with Crippen LogP contribution in [-0.2, 0) is 14.8 Å². The zero-order valence-corrected chi connectivity index (χ0v) is 14.6. The van der Waals surface area contributed by atoms with Crippen molar-refractivity contribution >= 4 is 15.9 Å². The molecule has 6 nitrogen and oxygen atoms in total. The third-order valence-corrected chi connectivity index (χ3v) is 4.82. The van der Waals surface area contributed by atoms with E-state index in [2.05, 4.69) is 4.72 Å². The standard InChI is InChI=1S/C16H24N2O4S/c1-12-6-4-8-15(13(12)2)22-11-16(19)18-9-5-7-14(10-18)17-23(3,20)21/h4,6,8,14,17H,5,7,9-11H2,1-3H3/t14-/m1/s1. The molecule has 0 radical (unpaired) electrons. The number of hydrogen-bond acceptors (Lipinski definition) is 4. The van der Waals surface area contributed by atoms with Gasteiger partial charge in [-0.05, 0) is 43.9 Å². The van der Waals surface area contributed by atoms with Gasteiger partial charge in [0.25, 0.3) is 5.91 Å².